The summed E-state index contributed by atoms with van der Waals surface area (Å²) >= 11 is 1.30. The van der Waals surface area contributed by atoms with Gasteiger partial charge in [0, 0.05) is 24.2 Å². The van der Waals surface area contributed by atoms with E-state index in [2.05, 4.69) is 10.4 Å². The van der Waals surface area contributed by atoms with Gasteiger partial charge in [0.05, 0.1) is 13.2 Å². The molecule has 0 aromatic carbocycles. The Hall–Kier alpha value is -0.830. The number of nitrogen functional groups attached to an aromatic ring is 1. The summed E-state index contributed by atoms with van der Waals surface area (Å²) in [5.74, 6) is 5.16. The van der Waals surface area contributed by atoms with Gasteiger partial charge in [-0.2, -0.15) is 0 Å². The zero-order valence-corrected chi connectivity index (χ0v) is 9.38. The summed E-state index contributed by atoms with van der Waals surface area (Å²) in [4.78, 5) is 6.22. The molecule has 0 aliphatic heterocycles. The van der Waals surface area contributed by atoms with Crippen molar-refractivity contribution in [2.24, 2.45) is 5.84 Å². The number of rotatable bonds is 7. The smallest absolute Gasteiger partial charge is 0.251 e. The standard InChI is InChI=1S/C8H14F2N4OS/c9-7(10)5-14(1-2-15)4-6-3-12-8(13-11)16-6/h3,7,15H,1-2,4-5,11H2,(H,12,13). The van der Waals surface area contributed by atoms with E-state index < -0.39 is 6.43 Å². The number of hydrogen-bond acceptors (Lipinski definition) is 6. The highest BCUT2D eigenvalue weighted by atomic mass is 32.1. The monoisotopic (exact) mass is 252 g/mol. The molecule has 0 spiro atoms. The van der Waals surface area contributed by atoms with Crippen LogP contribution in [-0.4, -0.2) is 41.1 Å². The maximum atomic E-state index is 12.2. The third kappa shape index (κ3) is 4.35. The van der Waals surface area contributed by atoms with Gasteiger partial charge < -0.3 is 5.11 Å². The molecule has 1 rings (SSSR count). The summed E-state index contributed by atoms with van der Waals surface area (Å²) in [5.41, 5.74) is 2.38. The van der Waals surface area contributed by atoms with E-state index in [0.717, 1.165) is 4.88 Å². The van der Waals surface area contributed by atoms with Crippen molar-refractivity contribution in [2.45, 2.75) is 13.0 Å². The molecule has 1 aromatic rings. The van der Waals surface area contributed by atoms with Crippen molar-refractivity contribution < 1.29 is 13.9 Å². The van der Waals surface area contributed by atoms with Gasteiger partial charge in [0.25, 0.3) is 6.43 Å². The zero-order chi connectivity index (χ0) is 12.0. The molecule has 0 bridgehead atoms. The molecule has 0 saturated heterocycles. The Balaban J connectivity index is 2.52. The minimum Gasteiger partial charge on any atom is -0.395 e. The molecule has 92 valence electrons. The van der Waals surface area contributed by atoms with Gasteiger partial charge in [-0.3, -0.25) is 10.3 Å². The van der Waals surface area contributed by atoms with Gasteiger partial charge >= 0.3 is 0 Å². The number of aliphatic hydroxyl groups excluding tert-OH is 1. The second-order valence-corrected chi connectivity index (χ2v) is 4.24. The first-order chi connectivity index (χ1) is 7.65. The van der Waals surface area contributed by atoms with E-state index in [1.165, 1.54) is 16.2 Å². The molecule has 0 aliphatic carbocycles. The minimum atomic E-state index is -2.41. The highest BCUT2D eigenvalue weighted by Gasteiger charge is 2.13. The molecular formula is C8H14F2N4OS. The maximum absolute atomic E-state index is 12.2. The lowest BCUT2D eigenvalue weighted by Gasteiger charge is -2.19. The molecule has 0 fully saturated rings. The molecular weight excluding hydrogens is 238 g/mol. The van der Waals surface area contributed by atoms with Gasteiger partial charge in [0.2, 0.25) is 0 Å². The second-order valence-electron chi connectivity index (χ2n) is 3.13. The fourth-order valence-electron chi connectivity index (χ4n) is 1.24. The van der Waals surface area contributed by atoms with Crippen LogP contribution in [0.5, 0.6) is 0 Å². The molecule has 0 saturated carbocycles. The molecule has 4 N–H and O–H groups in total. The predicted molar refractivity (Wildman–Crippen MR) is 58.3 cm³/mol. The van der Waals surface area contributed by atoms with Crippen LogP contribution in [0.15, 0.2) is 6.20 Å². The largest absolute Gasteiger partial charge is 0.395 e. The van der Waals surface area contributed by atoms with Gasteiger partial charge in [-0.1, -0.05) is 11.3 Å². The Kier molecular flexibility index (Phi) is 5.53. The summed E-state index contributed by atoms with van der Waals surface area (Å²) < 4.78 is 24.4. The van der Waals surface area contributed by atoms with Crippen molar-refractivity contribution in [1.82, 2.24) is 9.88 Å². The SMILES string of the molecule is NNc1ncc(CN(CCO)CC(F)F)s1. The molecule has 0 radical (unpaired) electrons. The van der Waals surface area contributed by atoms with E-state index in [4.69, 9.17) is 10.9 Å². The molecule has 0 amide bonds. The first-order valence-corrected chi connectivity index (χ1v) is 5.50. The Morgan fingerprint density at radius 2 is 2.38 bits per heavy atom. The topological polar surface area (TPSA) is 74.4 Å². The number of aromatic nitrogens is 1. The molecule has 0 atom stereocenters. The Morgan fingerprint density at radius 3 is 2.88 bits per heavy atom. The normalized spacial score (nSPS) is 11.4. The summed E-state index contributed by atoms with van der Waals surface area (Å²) in [6.45, 7) is 0.0508. The van der Waals surface area contributed by atoms with Gasteiger partial charge in [-0.15, -0.1) is 0 Å². The summed E-state index contributed by atoms with van der Waals surface area (Å²) in [7, 11) is 0. The van der Waals surface area contributed by atoms with Gasteiger partial charge in [0.15, 0.2) is 5.13 Å². The number of alkyl halides is 2. The lowest BCUT2D eigenvalue weighted by molar-refractivity contribution is 0.0751. The number of anilines is 1. The van der Waals surface area contributed by atoms with Crippen LogP contribution in [0.25, 0.3) is 0 Å². The third-order valence-electron chi connectivity index (χ3n) is 1.87. The van der Waals surface area contributed by atoms with Gasteiger partial charge in [0.1, 0.15) is 0 Å². The summed E-state index contributed by atoms with van der Waals surface area (Å²) in [6.07, 6.45) is -0.832. The van der Waals surface area contributed by atoms with Crippen LogP contribution < -0.4 is 11.3 Å². The Bertz CT molecular complexity index is 310. The first kappa shape index (κ1) is 13.2. The van der Waals surface area contributed by atoms with E-state index in [1.54, 1.807) is 6.20 Å². The van der Waals surface area contributed by atoms with Crippen LogP contribution in [0.3, 0.4) is 0 Å². The van der Waals surface area contributed by atoms with E-state index in [0.29, 0.717) is 11.7 Å². The molecule has 16 heavy (non-hydrogen) atoms. The van der Waals surface area contributed by atoms with Gasteiger partial charge in [-0.05, 0) is 0 Å². The lowest BCUT2D eigenvalue weighted by atomic mass is 10.4. The first-order valence-electron chi connectivity index (χ1n) is 4.68. The predicted octanol–water partition coefficient (Wildman–Crippen LogP) is 0.488. The quantitative estimate of drug-likeness (QED) is 0.486. The second kappa shape index (κ2) is 6.69. The molecule has 0 unspecified atom stereocenters. The Labute approximate surface area is 95.9 Å². The minimum absolute atomic E-state index is 0.145. The van der Waals surface area contributed by atoms with Crippen molar-refractivity contribution in [1.29, 1.82) is 0 Å². The van der Waals surface area contributed by atoms with Crippen LogP contribution in [0, 0.1) is 0 Å². The van der Waals surface area contributed by atoms with E-state index in [-0.39, 0.29) is 19.7 Å². The van der Waals surface area contributed by atoms with E-state index >= 15 is 0 Å². The fourth-order valence-corrected chi connectivity index (χ4v) is 2.00. The third-order valence-corrected chi connectivity index (χ3v) is 2.78. The number of thiazole rings is 1. The van der Waals surface area contributed by atoms with Crippen molar-refractivity contribution >= 4 is 16.5 Å². The molecule has 8 heteroatoms. The van der Waals surface area contributed by atoms with Crippen molar-refractivity contribution in [3.05, 3.63) is 11.1 Å². The van der Waals surface area contributed by atoms with E-state index in [1.807, 2.05) is 0 Å². The number of nitrogens with zero attached hydrogens (tertiary/aromatic N) is 2. The van der Waals surface area contributed by atoms with Crippen LogP contribution in [0.4, 0.5) is 13.9 Å². The Morgan fingerprint density at radius 1 is 1.62 bits per heavy atom. The molecule has 1 aromatic heterocycles. The fraction of sp³-hybridized carbons (Fsp3) is 0.625. The van der Waals surface area contributed by atoms with E-state index in [9.17, 15) is 8.78 Å². The summed E-state index contributed by atoms with van der Waals surface area (Å²) in [6, 6.07) is 0. The van der Waals surface area contributed by atoms with Crippen LogP contribution in [0.1, 0.15) is 4.88 Å². The van der Waals surface area contributed by atoms with Crippen molar-refractivity contribution in [3.8, 4) is 0 Å². The zero-order valence-electron chi connectivity index (χ0n) is 8.57. The van der Waals surface area contributed by atoms with Crippen molar-refractivity contribution in [3.63, 3.8) is 0 Å². The number of aliphatic hydroxyl groups is 1. The van der Waals surface area contributed by atoms with Gasteiger partial charge in [-0.25, -0.2) is 19.6 Å². The number of nitrogens with two attached hydrogens (primary N) is 1. The summed E-state index contributed by atoms with van der Waals surface area (Å²) in [5, 5.41) is 9.29. The average molecular weight is 252 g/mol. The maximum Gasteiger partial charge on any atom is 0.251 e. The molecule has 1 heterocycles. The number of nitrogens with one attached hydrogen (secondary N) is 1. The average Bonchev–Trinajstić information content (AvgIpc) is 2.65. The highest BCUT2D eigenvalue weighted by molar-refractivity contribution is 7.15. The number of hydrazine groups is 1. The number of hydrogen-bond donors (Lipinski definition) is 3. The molecule has 0 aliphatic rings. The molecule has 5 nitrogen and oxygen atoms in total. The number of halogens is 2. The lowest BCUT2D eigenvalue weighted by Crippen LogP contribution is -2.30. The highest BCUT2D eigenvalue weighted by Crippen LogP contribution is 2.18. The van der Waals surface area contributed by atoms with Crippen LogP contribution in [0.2, 0.25) is 0 Å². The van der Waals surface area contributed by atoms with Crippen LogP contribution >= 0.6 is 11.3 Å². The van der Waals surface area contributed by atoms with Crippen LogP contribution in [-0.2, 0) is 6.54 Å². The van der Waals surface area contributed by atoms with Crippen molar-refractivity contribution in [2.75, 3.05) is 25.1 Å².